The molecular formula is C16H20O2. The molecule has 3 rings (SSSR count). The number of hydrogen-bond acceptors (Lipinski definition) is 2. The monoisotopic (exact) mass is 244 g/mol. The first-order valence-corrected chi connectivity index (χ1v) is 7.01. The molecule has 0 bridgehead atoms. The maximum absolute atomic E-state index is 11.7. The van der Waals surface area contributed by atoms with Crippen LogP contribution in [0.2, 0.25) is 0 Å². The van der Waals surface area contributed by atoms with Gasteiger partial charge in [-0.2, -0.15) is 0 Å². The van der Waals surface area contributed by atoms with E-state index < -0.39 is 0 Å². The van der Waals surface area contributed by atoms with Gasteiger partial charge in [-0.25, -0.2) is 0 Å². The highest BCUT2D eigenvalue weighted by molar-refractivity contribution is 5.85. The molecule has 96 valence electrons. The first-order chi connectivity index (χ1) is 8.80. The van der Waals surface area contributed by atoms with Crippen molar-refractivity contribution in [3.63, 3.8) is 0 Å². The summed E-state index contributed by atoms with van der Waals surface area (Å²) in [5.74, 6) is 1.87. The molecule has 2 saturated carbocycles. The summed E-state index contributed by atoms with van der Waals surface area (Å²) in [7, 11) is 0. The van der Waals surface area contributed by atoms with E-state index in [1.165, 1.54) is 6.42 Å². The van der Waals surface area contributed by atoms with Crippen LogP contribution < -0.4 is 4.74 Å². The third-order valence-electron chi connectivity index (χ3n) is 4.51. The van der Waals surface area contributed by atoms with Gasteiger partial charge in [0.15, 0.2) is 0 Å². The fourth-order valence-electron chi connectivity index (χ4n) is 3.40. The molecular weight excluding hydrogens is 224 g/mol. The molecule has 0 spiro atoms. The fraction of sp³-hybridized carbons (Fsp3) is 0.562. The minimum absolute atomic E-state index is 0.384. The van der Waals surface area contributed by atoms with Crippen molar-refractivity contribution in [1.29, 1.82) is 0 Å². The predicted octanol–water partition coefficient (Wildman–Crippen LogP) is 3.60. The number of rotatable bonds is 5. The van der Waals surface area contributed by atoms with Crippen LogP contribution in [0.3, 0.4) is 0 Å². The molecule has 2 fully saturated rings. The fourth-order valence-corrected chi connectivity index (χ4v) is 3.40. The van der Waals surface area contributed by atoms with E-state index in [1.54, 1.807) is 0 Å². The third-order valence-corrected chi connectivity index (χ3v) is 4.51. The van der Waals surface area contributed by atoms with Crippen molar-refractivity contribution in [2.24, 2.45) is 11.3 Å². The Morgan fingerprint density at radius 1 is 1.28 bits per heavy atom. The van der Waals surface area contributed by atoms with Gasteiger partial charge >= 0.3 is 0 Å². The molecule has 2 nitrogen and oxygen atoms in total. The minimum atomic E-state index is 0.384. The second-order valence-electron chi connectivity index (χ2n) is 5.70. The van der Waals surface area contributed by atoms with Gasteiger partial charge in [0.2, 0.25) is 0 Å². The Balaban J connectivity index is 1.42. The Hall–Kier alpha value is -1.31. The van der Waals surface area contributed by atoms with Crippen molar-refractivity contribution in [3.05, 3.63) is 30.3 Å². The van der Waals surface area contributed by atoms with Crippen molar-refractivity contribution in [3.8, 4) is 5.75 Å². The molecule has 1 aromatic rings. The number of ketones is 1. The molecule has 0 heterocycles. The lowest BCUT2D eigenvalue weighted by Gasteiger charge is -2.20. The highest BCUT2D eigenvalue weighted by Crippen LogP contribution is 2.62. The van der Waals surface area contributed by atoms with Crippen LogP contribution in [-0.4, -0.2) is 12.4 Å². The average Bonchev–Trinajstić information content (AvgIpc) is 3.13. The maximum atomic E-state index is 11.7. The highest BCUT2D eigenvalue weighted by Gasteiger charge is 2.58. The van der Waals surface area contributed by atoms with E-state index >= 15 is 0 Å². The van der Waals surface area contributed by atoms with Crippen LogP contribution in [0.1, 0.15) is 38.5 Å². The van der Waals surface area contributed by atoms with Crippen LogP contribution in [0.25, 0.3) is 0 Å². The molecule has 18 heavy (non-hydrogen) atoms. The smallest absolute Gasteiger partial charge is 0.136 e. The number of carbonyl (C=O) groups excluding carboxylic acids is 1. The number of ether oxygens (including phenoxy) is 1. The lowest BCUT2D eigenvalue weighted by Crippen LogP contribution is -2.18. The molecule has 0 radical (unpaired) electrons. The predicted molar refractivity (Wildman–Crippen MR) is 70.6 cm³/mol. The SMILES string of the molecule is O=C1CCCC2(CCCOc3ccccc3)CC12. The molecule has 2 unspecified atom stereocenters. The van der Waals surface area contributed by atoms with Crippen LogP contribution >= 0.6 is 0 Å². The largest absolute Gasteiger partial charge is 0.494 e. The highest BCUT2D eigenvalue weighted by atomic mass is 16.5. The number of fused-ring (bicyclic) bond motifs is 1. The van der Waals surface area contributed by atoms with E-state index in [-0.39, 0.29) is 0 Å². The molecule has 2 aliphatic carbocycles. The second kappa shape index (κ2) is 4.75. The topological polar surface area (TPSA) is 26.3 Å². The van der Waals surface area contributed by atoms with Gasteiger partial charge in [0.05, 0.1) is 6.61 Å². The lowest BCUT2D eigenvalue weighted by atomic mass is 9.84. The Kier molecular flexibility index (Phi) is 3.11. The lowest BCUT2D eigenvalue weighted by molar-refractivity contribution is -0.122. The summed E-state index contributed by atoms with van der Waals surface area (Å²) < 4.78 is 5.70. The van der Waals surface area contributed by atoms with Crippen LogP contribution in [0.5, 0.6) is 5.75 Å². The van der Waals surface area contributed by atoms with Crippen molar-refractivity contribution in [2.45, 2.75) is 38.5 Å². The summed E-state index contributed by atoms with van der Waals surface area (Å²) in [5, 5.41) is 0. The van der Waals surface area contributed by atoms with Crippen LogP contribution in [-0.2, 0) is 4.79 Å². The number of para-hydroxylation sites is 1. The van der Waals surface area contributed by atoms with Crippen LogP contribution in [0, 0.1) is 11.3 Å². The van der Waals surface area contributed by atoms with Crippen molar-refractivity contribution >= 4 is 5.78 Å². The summed E-state index contributed by atoms with van der Waals surface area (Å²) in [4.78, 5) is 11.7. The normalized spacial score (nSPS) is 29.8. The van der Waals surface area contributed by atoms with Gasteiger partial charge < -0.3 is 4.74 Å². The molecule has 2 atom stereocenters. The van der Waals surface area contributed by atoms with E-state index in [4.69, 9.17) is 4.74 Å². The van der Waals surface area contributed by atoms with Gasteiger partial charge in [-0.05, 0) is 49.7 Å². The van der Waals surface area contributed by atoms with Gasteiger partial charge in [0.25, 0.3) is 0 Å². The maximum Gasteiger partial charge on any atom is 0.136 e. The zero-order chi connectivity index (χ0) is 12.4. The van der Waals surface area contributed by atoms with Gasteiger partial charge in [0.1, 0.15) is 11.5 Å². The summed E-state index contributed by atoms with van der Waals surface area (Å²) in [6.07, 6.45) is 6.57. The van der Waals surface area contributed by atoms with E-state index in [0.29, 0.717) is 17.1 Å². The standard InChI is InChI=1S/C16H20O2/c17-15-8-4-9-16(12-14(15)16)10-5-11-18-13-6-2-1-3-7-13/h1-3,6-7,14H,4-5,8-12H2. The molecule has 0 saturated heterocycles. The molecule has 2 aliphatic rings. The summed E-state index contributed by atoms with van der Waals surface area (Å²) in [5.41, 5.74) is 0.384. The van der Waals surface area contributed by atoms with E-state index in [0.717, 1.165) is 44.5 Å². The molecule has 0 aromatic heterocycles. The Morgan fingerprint density at radius 2 is 2.11 bits per heavy atom. The van der Waals surface area contributed by atoms with E-state index in [9.17, 15) is 4.79 Å². The number of carbonyl (C=O) groups is 1. The summed E-state index contributed by atoms with van der Waals surface area (Å²) >= 11 is 0. The summed E-state index contributed by atoms with van der Waals surface area (Å²) in [6.45, 7) is 0.771. The Morgan fingerprint density at radius 3 is 2.94 bits per heavy atom. The quantitative estimate of drug-likeness (QED) is 0.740. The number of benzene rings is 1. The summed E-state index contributed by atoms with van der Waals surface area (Å²) in [6, 6.07) is 9.95. The van der Waals surface area contributed by atoms with E-state index in [1.807, 2.05) is 30.3 Å². The van der Waals surface area contributed by atoms with Crippen LogP contribution in [0.15, 0.2) is 30.3 Å². The van der Waals surface area contributed by atoms with Gasteiger partial charge in [0, 0.05) is 12.3 Å². The minimum Gasteiger partial charge on any atom is -0.494 e. The zero-order valence-corrected chi connectivity index (χ0v) is 10.7. The van der Waals surface area contributed by atoms with Crippen LogP contribution in [0.4, 0.5) is 0 Å². The molecule has 0 amide bonds. The third kappa shape index (κ3) is 2.29. The first kappa shape index (κ1) is 11.8. The number of Topliss-reactive ketones (excluding diaryl/α,β-unsaturated/α-hetero) is 1. The van der Waals surface area contributed by atoms with Gasteiger partial charge in [-0.15, -0.1) is 0 Å². The number of hydrogen-bond donors (Lipinski definition) is 0. The van der Waals surface area contributed by atoms with Crippen molar-refractivity contribution in [1.82, 2.24) is 0 Å². The van der Waals surface area contributed by atoms with E-state index in [2.05, 4.69) is 0 Å². The molecule has 1 aromatic carbocycles. The Labute approximate surface area is 108 Å². The second-order valence-corrected chi connectivity index (χ2v) is 5.70. The van der Waals surface area contributed by atoms with Gasteiger partial charge in [-0.1, -0.05) is 18.2 Å². The zero-order valence-electron chi connectivity index (χ0n) is 10.7. The van der Waals surface area contributed by atoms with Gasteiger partial charge in [-0.3, -0.25) is 4.79 Å². The Bertz CT molecular complexity index is 426. The first-order valence-electron chi connectivity index (χ1n) is 7.01. The van der Waals surface area contributed by atoms with Crippen molar-refractivity contribution < 1.29 is 9.53 Å². The molecule has 2 heteroatoms. The van der Waals surface area contributed by atoms with Crippen molar-refractivity contribution in [2.75, 3.05) is 6.61 Å². The molecule has 0 N–H and O–H groups in total. The average molecular weight is 244 g/mol. The molecule has 0 aliphatic heterocycles.